The fourth-order valence-electron chi connectivity index (χ4n) is 2.31. The summed E-state index contributed by atoms with van der Waals surface area (Å²) in [4.78, 5) is 21.6. The maximum atomic E-state index is 12.2. The Kier molecular flexibility index (Phi) is 3.81. The van der Waals surface area contributed by atoms with Gasteiger partial charge in [0.15, 0.2) is 4.96 Å². The summed E-state index contributed by atoms with van der Waals surface area (Å²) in [5.41, 5.74) is 3.21. The topological polar surface area (TPSA) is 68.5 Å². The molecule has 22 heavy (non-hydrogen) atoms. The Morgan fingerprint density at radius 1 is 1.41 bits per heavy atom. The van der Waals surface area contributed by atoms with Crippen LogP contribution in [-0.4, -0.2) is 27.4 Å². The van der Waals surface area contributed by atoms with Crippen molar-refractivity contribution >= 4 is 22.2 Å². The van der Waals surface area contributed by atoms with Crippen LogP contribution >= 0.6 is 11.3 Å². The van der Waals surface area contributed by atoms with Crippen molar-refractivity contribution in [1.82, 2.24) is 19.7 Å². The van der Waals surface area contributed by atoms with E-state index in [9.17, 15) is 4.79 Å². The van der Waals surface area contributed by atoms with Crippen LogP contribution in [0.25, 0.3) is 4.96 Å². The quantitative estimate of drug-likeness (QED) is 0.802. The first-order chi connectivity index (χ1) is 10.6. The number of amides is 1. The molecule has 3 rings (SSSR count). The average molecular weight is 316 g/mol. The van der Waals surface area contributed by atoms with Gasteiger partial charge in [0.1, 0.15) is 5.69 Å². The molecule has 0 aliphatic carbocycles. The Labute approximate surface area is 131 Å². The normalized spacial score (nSPS) is 10.9. The van der Waals surface area contributed by atoms with E-state index in [1.807, 2.05) is 35.9 Å². The van der Waals surface area contributed by atoms with E-state index >= 15 is 0 Å². The molecule has 7 heteroatoms. The third-order valence-electron chi connectivity index (χ3n) is 3.38. The number of hydrogen-bond donors (Lipinski definition) is 1. The van der Waals surface area contributed by atoms with Gasteiger partial charge in [0.2, 0.25) is 5.88 Å². The first-order valence-electron chi connectivity index (χ1n) is 6.80. The maximum Gasteiger partial charge on any atom is 0.271 e. The first-order valence-corrected chi connectivity index (χ1v) is 7.68. The molecule has 0 aromatic carbocycles. The minimum Gasteiger partial charge on any atom is -0.481 e. The van der Waals surface area contributed by atoms with Gasteiger partial charge in [-0.2, -0.15) is 0 Å². The number of imidazole rings is 1. The molecule has 1 N–H and O–H groups in total. The van der Waals surface area contributed by atoms with Crippen molar-refractivity contribution in [2.45, 2.75) is 20.4 Å². The highest BCUT2D eigenvalue weighted by Crippen LogP contribution is 2.20. The van der Waals surface area contributed by atoms with Crippen molar-refractivity contribution < 1.29 is 9.53 Å². The molecule has 3 heterocycles. The van der Waals surface area contributed by atoms with Crippen LogP contribution in [0.5, 0.6) is 5.88 Å². The minimum absolute atomic E-state index is 0.210. The van der Waals surface area contributed by atoms with Crippen molar-refractivity contribution in [3.8, 4) is 5.88 Å². The van der Waals surface area contributed by atoms with Crippen LogP contribution in [0.4, 0.5) is 0 Å². The molecule has 0 saturated carbocycles. The standard InChI is InChI=1S/C15H16N4O2S/c1-9-6-10(2)17-14(21-3)11(9)7-16-13(20)12-8-19-4-5-22-15(19)18-12/h4-6,8H,7H2,1-3H3,(H,16,20). The van der Waals surface area contributed by atoms with Gasteiger partial charge in [-0.25, -0.2) is 9.97 Å². The number of hydrogen-bond acceptors (Lipinski definition) is 5. The molecule has 114 valence electrons. The predicted molar refractivity (Wildman–Crippen MR) is 84.5 cm³/mol. The van der Waals surface area contributed by atoms with E-state index in [-0.39, 0.29) is 5.91 Å². The Morgan fingerprint density at radius 3 is 2.95 bits per heavy atom. The molecule has 3 aromatic rings. The summed E-state index contributed by atoms with van der Waals surface area (Å²) in [7, 11) is 1.58. The van der Waals surface area contributed by atoms with Crippen molar-refractivity contribution in [3.05, 3.63) is 46.4 Å². The second-order valence-corrected chi connectivity index (χ2v) is 5.84. The molecular formula is C15H16N4O2S. The highest BCUT2D eigenvalue weighted by atomic mass is 32.1. The number of carbonyl (C=O) groups excluding carboxylic acids is 1. The monoisotopic (exact) mass is 316 g/mol. The van der Waals surface area contributed by atoms with Gasteiger partial charge < -0.3 is 10.1 Å². The van der Waals surface area contributed by atoms with Crippen LogP contribution in [0.15, 0.2) is 23.8 Å². The highest BCUT2D eigenvalue weighted by molar-refractivity contribution is 7.15. The molecule has 0 bridgehead atoms. The molecule has 0 radical (unpaired) electrons. The number of ether oxygens (including phenoxy) is 1. The summed E-state index contributed by atoms with van der Waals surface area (Å²) in [5, 5.41) is 4.80. The third kappa shape index (κ3) is 2.67. The molecular weight excluding hydrogens is 300 g/mol. The lowest BCUT2D eigenvalue weighted by molar-refractivity contribution is 0.0946. The van der Waals surface area contributed by atoms with Gasteiger partial charge in [-0.1, -0.05) is 0 Å². The molecule has 3 aromatic heterocycles. The number of fused-ring (bicyclic) bond motifs is 1. The van der Waals surface area contributed by atoms with E-state index in [1.165, 1.54) is 11.3 Å². The number of methoxy groups -OCH3 is 1. The van der Waals surface area contributed by atoms with E-state index < -0.39 is 0 Å². The molecule has 0 fully saturated rings. The van der Waals surface area contributed by atoms with Gasteiger partial charge >= 0.3 is 0 Å². The lowest BCUT2D eigenvalue weighted by Gasteiger charge is -2.12. The molecule has 0 atom stereocenters. The van der Waals surface area contributed by atoms with E-state index in [4.69, 9.17) is 4.74 Å². The van der Waals surface area contributed by atoms with Gasteiger partial charge in [0.25, 0.3) is 5.91 Å². The number of thiazole rings is 1. The summed E-state index contributed by atoms with van der Waals surface area (Å²) in [6, 6.07) is 1.97. The SMILES string of the molecule is COc1nc(C)cc(C)c1CNC(=O)c1cn2ccsc2n1. The zero-order chi connectivity index (χ0) is 15.7. The molecule has 0 saturated heterocycles. The van der Waals surface area contributed by atoms with E-state index in [2.05, 4.69) is 15.3 Å². The van der Waals surface area contributed by atoms with Gasteiger partial charge in [0, 0.05) is 35.6 Å². The Bertz CT molecular complexity index is 809. The molecule has 0 unspecified atom stereocenters. The van der Waals surface area contributed by atoms with E-state index in [0.717, 1.165) is 21.8 Å². The zero-order valence-electron chi connectivity index (χ0n) is 12.6. The van der Waals surface area contributed by atoms with Crippen molar-refractivity contribution in [2.24, 2.45) is 0 Å². The second-order valence-electron chi connectivity index (χ2n) is 4.97. The fraction of sp³-hybridized carbons (Fsp3) is 0.267. The van der Waals surface area contributed by atoms with Gasteiger partial charge in [-0.3, -0.25) is 9.20 Å². The first kappa shape index (κ1) is 14.5. The number of carbonyl (C=O) groups is 1. The summed E-state index contributed by atoms with van der Waals surface area (Å²) in [6.45, 7) is 4.24. The molecule has 0 aliphatic heterocycles. The van der Waals surface area contributed by atoms with Crippen LogP contribution in [-0.2, 0) is 6.54 Å². The Hall–Kier alpha value is -2.41. The third-order valence-corrected chi connectivity index (χ3v) is 4.15. The number of aryl methyl sites for hydroxylation is 2. The zero-order valence-corrected chi connectivity index (χ0v) is 13.4. The maximum absolute atomic E-state index is 12.2. The van der Waals surface area contributed by atoms with Gasteiger partial charge in [0.05, 0.1) is 7.11 Å². The van der Waals surface area contributed by atoms with Crippen LogP contribution in [0.3, 0.4) is 0 Å². The lowest BCUT2D eigenvalue weighted by atomic mass is 10.1. The van der Waals surface area contributed by atoms with Crippen molar-refractivity contribution in [1.29, 1.82) is 0 Å². The summed E-state index contributed by atoms with van der Waals surface area (Å²) in [6.07, 6.45) is 3.60. The highest BCUT2D eigenvalue weighted by Gasteiger charge is 2.14. The minimum atomic E-state index is -0.210. The van der Waals surface area contributed by atoms with Crippen molar-refractivity contribution in [2.75, 3.05) is 7.11 Å². The average Bonchev–Trinajstić information content (AvgIpc) is 3.06. The van der Waals surface area contributed by atoms with E-state index in [0.29, 0.717) is 18.1 Å². The summed E-state index contributed by atoms with van der Waals surface area (Å²) >= 11 is 1.49. The van der Waals surface area contributed by atoms with Crippen molar-refractivity contribution in [3.63, 3.8) is 0 Å². The van der Waals surface area contributed by atoms with E-state index in [1.54, 1.807) is 13.3 Å². The van der Waals surface area contributed by atoms with Crippen LogP contribution < -0.4 is 10.1 Å². The fourth-order valence-corrected chi connectivity index (χ4v) is 3.01. The Balaban J connectivity index is 1.77. The van der Waals surface area contributed by atoms with Gasteiger partial charge in [-0.15, -0.1) is 11.3 Å². The number of rotatable bonds is 4. The molecule has 1 amide bonds. The summed E-state index contributed by atoms with van der Waals surface area (Å²) in [5.74, 6) is 0.335. The number of nitrogens with one attached hydrogen (secondary N) is 1. The van der Waals surface area contributed by atoms with Crippen LogP contribution in [0, 0.1) is 13.8 Å². The number of aromatic nitrogens is 3. The van der Waals surface area contributed by atoms with Crippen LogP contribution in [0.2, 0.25) is 0 Å². The van der Waals surface area contributed by atoms with Crippen LogP contribution in [0.1, 0.15) is 27.3 Å². The number of nitrogens with zero attached hydrogens (tertiary/aromatic N) is 3. The number of pyridine rings is 1. The predicted octanol–water partition coefficient (Wildman–Crippen LogP) is 2.35. The smallest absolute Gasteiger partial charge is 0.271 e. The summed E-state index contributed by atoms with van der Waals surface area (Å²) < 4.78 is 7.13. The molecule has 0 spiro atoms. The Morgan fingerprint density at radius 2 is 2.23 bits per heavy atom. The molecule has 0 aliphatic rings. The second kappa shape index (κ2) is 5.76. The van der Waals surface area contributed by atoms with Gasteiger partial charge in [-0.05, 0) is 25.5 Å². The largest absolute Gasteiger partial charge is 0.481 e. The molecule has 6 nitrogen and oxygen atoms in total. The lowest BCUT2D eigenvalue weighted by Crippen LogP contribution is -2.24.